The number of likely N-dealkylation sites (N-methyl/N-ethyl adjacent to an activating group) is 1. The molecule has 2 aromatic rings. The topological polar surface area (TPSA) is 61.4 Å². The van der Waals surface area contributed by atoms with Gasteiger partial charge in [0.25, 0.3) is 5.91 Å². The van der Waals surface area contributed by atoms with Gasteiger partial charge in [-0.05, 0) is 33.0 Å². The molecule has 0 aliphatic carbocycles. The highest BCUT2D eigenvalue weighted by Crippen LogP contribution is 2.22. The minimum atomic E-state index is -0.551. The summed E-state index contributed by atoms with van der Waals surface area (Å²) in [7, 11) is 2.09. The summed E-state index contributed by atoms with van der Waals surface area (Å²) in [6, 6.07) is 5.90. The SMILES string of the molecule is Cc1nc(N2CCN(C)CC2)nc(C)c1NC(=O)c1ccccc1F. The Bertz CT molecular complexity index is 764. The van der Waals surface area contributed by atoms with E-state index in [9.17, 15) is 9.18 Å². The van der Waals surface area contributed by atoms with Crippen molar-refractivity contribution in [2.75, 3.05) is 43.4 Å². The van der Waals surface area contributed by atoms with E-state index in [2.05, 4.69) is 32.1 Å². The number of carbonyl (C=O) groups is 1. The maximum atomic E-state index is 13.8. The molecule has 1 aliphatic heterocycles. The Morgan fingerprint density at radius 3 is 2.28 bits per heavy atom. The van der Waals surface area contributed by atoms with Crippen LogP contribution in [-0.2, 0) is 0 Å². The highest BCUT2D eigenvalue weighted by atomic mass is 19.1. The first kappa shape index (κ1) is 17.3. The second-order valence-corrected chi connectivity index (χ2v) is 6.29. The molecule has 6 nitrogen and oxygen atoms in total. The summed E-state index contributed by atoms with van der Waals surface area (Å²) in [5.74, 6) is -0.377. The van der Waals surface area contributed by atoms with E-state index >= 15 is 0 Å². The van der Waals surface area contributed by atoms with Crippen LogP contribution in [0.15, 0.2) is 24.3 Å². The number of carbonyl (C=O) groups excluding carboxylic acids is 1. The lowest BCUT2D eigenvalue weighted by atomic mass is 10.2. The lowest BCUT2D eigenvalue weighted by Gasteiger charge is -2.32. The molecule has 1 aliphatic rings. The average molecular weight is 343 g/mol. The standard InChI is InChI=1S/C18H22FN5O/c1-12-16(22-17(25)14-6-4-5-7-15(14)19)13(2)21-18(20-12)24-10-8-23(3)9-11-24/h4-7H,8-11H2,1-3H3,(H,22,25). The third kappa shape index (κ3) is 3.76. The molecule has 25 heavy (non-hydrogen) atoms. The van der Waals surface area contributed by atoms with Crippen LogP contribution in [0.1, 0.15) is 21.7 Å². The molecule has 1 aromatic heterocycles. The maximum absolute atomic E-state index is 13.8. The van der Waals surface area contributed by atoms with Crippen LogP contribution in [0.5, 0.6) is 0 Å². The summed E-state index contributed by atoms with van der Waals surface area (Å²) in [6.45, 7) is 7.32. The predicted molar refractivity (Wildman–Crippen MR) is 95.6 cm³/mol. The molecule has 7 heteroatoms. The van der Waals surface area contributed by atoms with Crippen molar-refractivity contribution in [3.05, 3.63) is 47.0 Å². The van der Waals surface area contributed by atoms with Gasteiger partial charge in [-0.25, -0.2) is 14.4 Å². The zero-order chi connectivity index (χ0) is 18.0. The Hall–Kier alpha value is -2.54. The molecule has 1 saturated heterocycles. The third-order valence-corrected chi connectivity index (χ3v) is 4.40. The maximum Gasteiger partial charge on any atom is 0.258 e. The first-order valence-corrected chi connectivity index (χ1v) is 8.30. The average Bonchev–Trinajstić information content (AvgIpc) is 2.59. The zero-order valence-electron chi connectivity index (χ0n) is 14.7. The van der Waals surface area contributed by atoms with Gasteiger partial charge >= 0.3 is 0 Å². The van der Waals surface area contributed by atoms with Gasteiger partial charge in [-0.3, -0.25) is 4.79 Å². The third-order valence-electron chi connectivity index (χ3n) is 4.40. The normalized spacial score (nSPS) is 15.3. The second kappa shape index (κ2) is 7.14. The van der Waals surface area contributed by atoms with Gasteiger partial charge < -0.3 is 15.1 Å². The van der Waals surface area contributed by atoms with Crippen LogP contribution >= 0.6 is 0 Å². The lowest BCUT2D eigenvalue weighted by molar-refractivity contribution is 0.102. The lowest BCUT2D eigenvalue weighted by Crippen LogP contribution is -2.45. The molecule has 0 atom stereocenters. The van der Waals surface area contributed by atoms with Gasteiger partial charge in [-0.15, -0.1) is 0 Å². The van der Waals surface area contributed by atoms with Crippen LogP contribution < -0.4 is 10.2 Å². The summed E-state index contributed by atoms with van der Waals surface area (Å²) in [5.41, 5.74) is 1.88. The summed E-state index contributed by atoms with van der Waals surface area (Å²) < 4.78 is 13.8. The van der Waals surface area contributed by atoms with Crippen molar-refractivity contribution < 1.29 is 9.18 Å². The Kier molecular flexibility index (Phi) is 4.94. The molecular formula is C18H22FN5O. The monoisotopic (exact) mass is 343 g/mol. The van der Waals surface area contributed by atoms with Gasteiger partial charge in [0.2, 0.25) is 5.95 Å². The number of anilines is 2. The molecule has 1 fully saturated rings. The van der Waals surface area contributed by atoms with E-state index in [0.29, 0.717) is 23.0 Å². The van der Waals surface area contributed by atoms with Crippen molar-refractivity contribution in [3.63, 3.8) is 0 Å². The fourth-order valence-electron chi connectivity index (χ4n) is 2.85. The molecule has 0 spiro atoms. The first-order valence-electron chi connectivity index (χ1n) is 8.30. The number of aryl methyl sites for hydroxylation is 2. The number of aromatic nitrogens is 2. The number of nitrogens with zero attached hydrogens (tertiary/aromatic N) is 4. The molecule has 0 saturated carbocycles. The summed E-state index contributed by atoms with van der Waals surface area (Å²) in [5, 5.41) is 2.74. The zero-order valence-corrected chi connectivity index (χ0v) is 14.7. The molecular weight excluding hydrogens is 321 g/mol. The highest BCUT2D eigenvalue weighted by molar-refractivity contribution is 6.05. The minimum absolute atomic E-state index is 0.00412. The van der Waals surface area contributed by atoms with E-state index in [-0.39, 0.29) is 5.56 Å². The van der Waals surface area contributed by atoms with Crippen LogP contribution in [0.4, 0.5) is 16.0 Å². The van der Waals surface area contributed by atoms with Crippen molar-refractivity contribution in [1.29, 1.82) is 0 Å². The van der Waals surface area contributed by atoms with E-state index < -0.39 is 11.7 Å². The largest absolute Gasteiger partial charge is 0.338 e. The molecule has 0 unspecified atom stereocenters. The number of rotatable bonds is 3. The van der Waals surface area contributed by atoms with E-state index in [1.807, 2.05) is 13.8 Å². The number of benzene rings is 1. The van der Waals surface area contributed by atoms with Gasteiger partial charge in [0.05, 0.1) is 22.6 Å². The smallest absolute Gasteiger partial charge is 0.258 e. The Morgan fingerprint density at radius 2 is 1.68 bits per heavy atom. The van der Waals surface area contributed by atoms with Crippen molar-refractivity contribution in [1.82, 2.24) is 14.9 Å². The van der Waals surface area contributed by atoms with Gasteiger partial charge in [-0.1, -0.05) is 12.1 Å². The number of hydrogen-bond donors (Lipinski definition) is 1. The Balaban J connectivity index is 1.81. The van der Waals surface area contributed by atoms with Crippen LogP contribution in [0.3, 0.4) is 0 Å². The summed E-state index contributed by atoms with van der Waals surface area (Å²) in [6.07, 6.45) is 0. The fourth-order valence-corrected chi connectivity index (χ4v) is 2.85. The summed E-state index contributed by atoms with van der Waals surface area (Å²) in [4.78, 5) is 25.8. The van der Waals surface area contributed by atoms with Crippen molar-refractivity contribution >= 4 is 17.5 Å². The van der Waals surface area contributed by atoms with Crippen LogP contribution in [0, 0.1) is 19.7 Å². The Morgan fingerprint density at radius 1 is 1.08 bits per heavy atom. The van der Waals surface area contributed by atoms with Gasteiger partial charge in [0, 0.05) is 26.2 Å². The number of piperazine rings is 1. The van der Waals surface area contributed by atoms with E-state index in [1.54, 1.807) is 12.1 Å². The molecule has 3 rings (SSSR count). The van der Waals surface area contributed by atoms with E-state index in [4.69, 9.17) is 0 Å². The van der Waals surface area contributed by atoms with Crippen molar-refractivity contribution in [2.24, 2.45) is 0 Å². The number of hydrogen-bond acceptors (Lipinski definition) is 5. The first-order chi connectivity index (χ1) is 12.0. The molecule has 132 valence electrons. The molecule has 1 N–H and O–H groups in total. The van der Waals surface area contributed by atoms with Crippen LogP contribution in [0.2, 0.25) is 0 Å². The predicted octanol–water partition coefficient (Wildman–Crippen LogP) is 2.24. The number of nitrogens with one attached hydrogen (secondary N) is 1. The number of halogens is 1. The highest BCUT2D eigenvalue weighted by Gasteiger charge is 2.20. The quantitative estimate of drug-likeness (QED) is 0.926. The van der Waals surface area contributed by atoms with Gasteiger partial charge in [-0.2, -0.15) is 0 Å². The molecule has 1 amide bonds. The second-order valence-electron chi connectivity index (χ2n) is 6.29. The van der Waals surface area contributed by atoms with E-state index in [0.717, 1.165) is 26.2 Å². The van der Waals surface area contributed by atoms with Crippen LogP contribution in [-0.4, -0.2) is 54.0 Å². The fraction of sp³-hybridized carbons (Fsp3) is 0.389. The van der Waals surface area contributed by atoms with Crippen molar-refractivity contribution in [3.8, 4) is 0 Å². The Labute approximate surface area is 146 Å². The molecule has 0 radical (unpaired) electrons. The van der Waals surface area contributed by atoms with Crippen molar-refractivity contribution in [2.45, 2.75) is 13.8 Å². The van der Waals surface area contributed by atoms with Gasteiger partial charge in [0.15, 0.2) is 0 Å². The minimum Gasteiger partial charge on any atom is -0.338 e. The van der Waals surface area contributed by atoms with Gasteiger partial charge in [0.1, 0.15) is 5.82 Å². The van der Waals surface area contributed by atoms with Crippen LogP contribution in [0.25, 0.3) is 0 Å². The molecule has 0 bridgehead atoms. The molecule has 1 aromatic carbocycles. The summed E-state index contributed by atoms with van der Waals surface area (Å²) >= 11 is 0. The van der Waals surface area contributed by atoms with E-state index in [1.165, 1.54) is 12.1 Å². The number of amides is 1. The molecule has 2 heterocycles.